The van der Waals surface area contributed by atoms with Crippen LogP contribution in [0.2, 0.25) is 0 Å². The molecule has 4 heteroatoms. The molecule has 0 saturated heterocycles. The van der Waals surface area contributed by atoms with Gasteiger partial charge in [-0.3, -0.25) is 9.59 Å². The molecule has 0 fully saturated rings. The number of hydrogen-bond donors (Lipinski definition) is 0. The van der Waals surface area contributed by atoms with Gasteiger partial charge in [0.15, 0.2) is 5.78 Å². The zero-order valence-electron chi connectivity index (χ0n) is 9.81. The highest BCUT2D eigenvalue weighted by atomic mass is 16.5. The Morgan fingerprint density at radius 2 is 2.18 bits per heavy atom. The highest BCUT2D eigenvalue weighted by molar-refractivity contribution is 5.99. The van der Waals surface area contributed by atoms with Crippen LogP contribution in [-0.4, -0.2) is 43.4 Å². The first-order chi connectivity index (χ1) is 8.22. The quantitative estimate of drug-likeness (QED) is 0.776. The molecule has 0 spiro atoms. The number of Topliss-reactive ketones (excluding diaryl/α,β-unsaturated/α-hetero) is 1. The zero-order valence-corrected chi connectivity index (χ0v) is 9.81. The van der Waals surface area contributed by atoms with Crippen molar-refractivity contribution in [3.05, 3.63) is 35.4 Å². The van der Waals surface area contributed by atoms with Crippen LogP contribution in [-0.2, 0) is 16.0 Å². The molecule has 0 bridgehead atoms. The first-order valence-corrected chi connectivity index (χ1v) is 5.60. The lowest BCUT2D eigenvalue weighted by Gasteiger charge is -2.27. The molecule has 17 heavy (non-hydrogen) atoms. The molecule has 2 rings (SSSR count). The van der Waals surface area contributed by atoms with E-state index >= 15 is 0 Å². The number of ketones is 1. The van der Waals surface area contributed by atoms with Gasteiger partial charge < -0.3 is 9.64 Å². The maximum absolute atomic E-state index is 12.1. The molecule has 1 aliphatic rings. The monoisotopic (exact) mass is 233 g/mol. The van der Waals surface area contributed by atoms with Crippen molar-refractivity contribution in [2.45, 2.75) is 6.42 Å². The van der Waals surface area contributed by atoms with Crippen LogP contribution in [0.25, 0.3) is 0 Å². The van der Waals surface area contributed by atoms with Gasteiger partial charge in [-0.25, -0.2) is 0 Å². The normalized spacial score (nSPS) is 14.6. The Kier molecular flexibility index (Phi) is 3.54. The lowest BCUT2D eigenvalue weighted by atomic mass is 9.99. The zero-order chi connectivity index (χ0) is 12.3. The van der Waals surface area contributed by atoms with E-state index in [2.05, 4.69) is 0 Å². The van der Waals surface area contributed by atoms with Gasteiger partial charge in [0.1, 0.15) is 6.61 Å². The van der Waals surface area contributed by atoms with Crippen molar-refractivity contribution >= 4 is 11.7 Å². The Labute approximate surface area is 100 Å². The van der Waals surface area contributed by atoms with Crippen LogP contribution in [0.15, 0.2) is 24.3 Å². The van der Waals surface area contributed by atoms with Gasteiger partial charge in [0.25, 0.3) is 5.91 Å². The van der Waals surface area contributed by atoms with E-state index in [4.69, 9.17) is 4.74 Å². The third-order valence-corrected chi connectivity index (χ3v) is 2.86. The van der Waals surface area contributed by atoms with Crippen molar-refractivity contribution in [2.75, 3.05) is 26.8 Å². The van der Waals surface area contributed by atoms with Gasteiger partial charge in [0.2, 0.25) is 0 Å². The molecule has 1 aliphatic heterocycles. The van der Waals surface area contributed by atoms with Crippen LogP contribution in [0.3, 0.4) is 0 Å². The number of ether oxygens (including phenoxy) is 1. The van der Waals surface area contributed by atoms with Crippen LogP contribution in [0.4, 0.5) is 0 Å². The van der Waals surface area contributed by atoms with Crippen LogP contribution in [0.5, 0.6) is 0 Å². The van der Waals surface area contributed by atoms with Gasteiger partial charge in [0.05, 0.1) is 6.54 Å². The Morgan fingerprint density at radius 1 is 1.41 bits per heavy atom. The molecule has 0 aromatic heterocycles. The van der Waals surface area contributed by atoms with Crippen LogP contribution < -0.4 is 0 Å². The summed E-state index contributed by atoms with van der Waals surface area (Å²) >= 11 is 0. The minimum absolute atomic E-state index is 0.0590. The number of carbonyl (C=O) groups excluding carboxylic acids is 2. The van der Waals surface area contributed by atoms with E-state index in [9.17, 15) is 9.59 Å². The van der Waals surface area contributed by atoms with E-state index in [0.717, 1.165) is 12.0 Å². The number of benzene rings is 1. The Hall–Kier alpha value is -1.68. The van der Waals surface area contributed by atoms with Crippen molar-refractivity contribution in [1.82, 2.24) is 4.90 Å². The van der Waals surface area contributed by atoms with Gasteiger partial charge in [-0.15, -0.1) is 0 Å². The second-order valence-corrected chi connectivity index (χ2v) is 4.11. The van der Waals surface area contributed by atoms with E-state index in [-0.39, 0.29) is 24.8 Å². The fraction of sp³-hybridized carbons (Fsp3) is 0.385. The standard InChI is InChI=1S/C13H15NO3/c1-17-9-11(15)8-14-7-6-10-4-2-3-5-12(10)13(14)16/h2-5H,6-9H2,1H3. The number of rotatable bonds is 4. The second kappa shape index (κ2) is 5.10. The number of hydrogen-bond acceptors (Lipinski definition) is 3. The van der Waals surface area contributed by atoms with E-state index < -0.39 is 0 Å². The average Bonchev–Trinajstić information content (AvgIpc) is 2.33. The van der Waals surface area contributed by atoms with Crippen LogP contribution >= 0.6 is 0 Å². The fourth-order valence-electron chi connectivity index (χ4n) is 2.04. The third kappa shape index (κ3) is 2.53. The average molecular weight is 233 g/mol. The van der Waals surface area contributed by atoms with Gasteiger partial charge in [-0.2, -0.15) is 0 Å². The van der Waals surface area contributed by atoms with Gasteiger partial charge >= 0.3 is 0 Å². The number of carbonyl (C=O) groups is 2. The predicted octanol–water partition coefficient (Wildman–Crippen LogP) is 0.900. The molecule has 90 valence electrons. The molecule has 0 aliphatic carbocycles. The van der Waals surface area contributed by atoms with Crippen molar-refractivity contribution in [1.29, 1.82) is 0 Å². The summed E-state index contributed by atoms with van der Waals surface area (Å²) in [5.74, 6) is -0.128. The van der Waals surface area contributed by atoms with Crippen molar-refractivity contribution in [2.24, 2.45) is 0 Å². The summed E-state index contributed by atoms with van der Waals surface area (Å²) in [6, 6.07) is 7.54. The van der Waals surface area contributed by atoms with Crippen LogP contribution in [0.1, 0.15) is 15.9 Å². The first-order valence-electron chi connectivity index (χ1n) is 5.60. The summed E-state index contributed by atoms with van der Waals surface area (Å²) in [6.45, 7) is 0.803. The van der Waals surface area contributed by atoms with Crippen molar-refractivity contribution in [3.63, 3.8) is 0 Å². The number of nitrogens with zero attached hydrogens (tertiary/aromatic N) is 1. The largest absolute Gasteiger partial charge is 0.377 e. The van der Waals surface area contributed by atoms with Gasteiger partial charge in [-0.05, 0) is 18.1 Å². The summed E-state index contributed by atoms with van der Waals surface area (Å²) in [5.41, 5.74) is 1.77. The topological polar surface area (TPSA) is 46.6 Å². The summed E-state index contributed by atoms with van der Waals surface area (Å²) in [4.78, 5) is 25.1. The molecule has 1 amide bonds. The molecule has 0 saturated carbocycles. The smallest absolute Gasteiger partial charge is 0.254 e. The summed E-state index contributed by atoms with van der Waals surface area (Å²) in [6.07, 6.45) is 0.808. The third-order valence-electron chi connectivity index (χ3n) is 2.86. The molecule has 1 aromatic carbocycles. The molecule has 1 aromatic rings. The SMILES string of the molecule is COCC(=O)CN1CCc2ccccc2C1=O. The lowest BCUT2D eigenvalue weighted by Crippen LogP contribution is -2.41. The molecule has 0 radical (unpaired) electrons. The van der Waals surface area contributed by atoms with Crippen molar-refractivity contribution in [3.8, 4) is 0 Å². The second-order valence-electron chi connectivity index (χ2n) is 4.11. The summed E-state index contributed by atoms with van der Waals surface area (Å²) in [7, 11) is 1.48. The predicted molar refractivity (Wildman–Crippen MR) is 62.9 cm³/mol. The van der Waals surface area contributed by atoms with Gasteiger partial charge in [-0.1, -0.05) is 18.2 Å². The molecule has 4 nitrogen and oxygen atoms in total. The van der Waals surface area contributed by atoms with Crippen LogP contribution in [0, 0.1) is 0 Å². The van der Waals surface area contributed by atoms with E-state index in [0.29, 0.717) is 12.1 Å². The molecule has 0 atom stereocenters. The highest BCUT2D eigenvalue weighted by Crippen LogP contribution is 2.18. The van der Waals surface area contributed by atoms with E-state index in [1.54, 1.807) is 4.90 Å². The maximum Gasteiger partial charge on any atom is 0.254 e. The Morgan fingerprint density at radius 3 is 2.94 bits per heavy atom. The van der Waals surface area contributed by atoms with E-state index in [1.165, 1.54) is 7.11 Å². The lowest BCUT2D eigenvalue weighted by molar-refractivity contribution is -0.123. The molecule has 1 heterocycles. The first kappa shape index (κ1) is 11.8. The number of methoxy groups -OCH3 is 1. The highest BCUT2D eigenvalue weighted by Gasteiger charge is 2.24. The number of fused-ring (bicyclic) bond motifs is 1. The molecule has 0 N–H and O–H groups in total. The fourth-order valence-corrected chi connectivity index (χ4v) is 2.04. The van der Waals surface area contributed by atoms with E-state index in [1.807, 2.05) is 24.3 Å². The summed E-state index contributed by atoms with van der Waals surface area (Å²) < 4.78 is 4.76. The number of amides is 1. The molecule has 0 unspecified atom stereocenters. The summed E-state index contributed by atoms with van der Waals surface area (Å²) in [5, 5.41) is 0. The Bertz CT molecular complexity index is 442. The molecular formula is C13H15NO3. The molecular weight excluding hydrogens is 218 g/mol. The minimum Gasteiger partial charge on any atom is -0.377 e. The Balaban J connectivity index is 2.10. The van der Waals surface area contributed by atoms with Crippen molar-refractivity contribution < 1.29 is 14.3 Å². The maximum atomic E-state index is 12.1. The minimum atomic E-state index is -0.0692. The van der Waals surface area contributed by atoms with Gasteiger partial charge in [0, 0.05) is 19.2 Å².